The summed E-state index contributed by atoms with van der Waals surface area (Å²) in [5.74, 6) is 0.444. The summed E-state index contributed by atoms with van der Waals surface area (Å²) in [6.45, 7) is 1.49. The molecule has 0 saturated carbocycles. The first-order valence-electron chi connectivity index (χ1n) is 8.98. The van der Waals surface area contributed by atoms with Crippen LogP contribution in [0.5, 0.6) is 0 Å². The van der Waals surface area contributed by atoms with Gasteiger partial charge in [-0.15, -0.1) is 11.3 Å². The maximum atomic E-state index is 13.2. The molecule has 6 nitrogen and oxygen atoms in total. The zero-order valence-electron chi connectivity index (χ0n) is 14.7. The van der Waals surface area contributed by atoms with Crippen molar-refractivity contribution >= 4 is 28.4 Å². The van der Waals surface area contributed by atoms with Gasteiger partial charge in [-0.1, -0.05) is 6.07 Å². The number of halogens is 1. The van der Waals surface area contributed by atoms with E-state index in [4.69, 9.17) is 0 Å². The average Bonchev–Trinajstić information content (AvgIpc) is 3.35. The highest BCUT2D eigenvalue weighted by Crippen LogP contribution is 2.32. The molecule has 0 spiro atoms. The average molecular weight is 388 g/mol. The number of aromatic nitrogens is 2. The van der Waals surface area contributed by atoms with E-state index in [0.717, 1.165) is 17.7 Å². The van der Waals surface area contributed by atoms with Gasteiger partial charge in [-0.2, -0.15) is 0 Å². The second-order valence-corrected chi connectivity index (χ2v) is 7.77. The quantitative estimate of drug-likeness (QED) is 0.641. The summed E-state index contributed by atoms with van der Waals surface area (Å²) >= 11 is 1.56. The van der Waals surface area contributed by atoms with Gasteiger partial charge in [-0.3, -0.25) is 0 Å². The highest BCUT2D eigenvalue weighted by atomic mass is 32.1. The fraction of sp³-hybridized carbons (Fsp3) is 0.368. The Hall–Kier alpha value is -2.45. The Balaban J connectivity index is 1.29. The molecule has 1 fully saturated rings. The number of carbonyl (C=O) groups is 1. The molecule has 1 aliphatic rings. The normalized spacial score (nSPS) is 16.6. The van der Waals surface area contributed by atoms with E-state index in [2.05, 4.69) is 15.3 Å². The van der Waals surface area contributed by atoms with Crippen molar-refractivity contribution in [2.24, 2.45) is 5.92 Å². The molecule has 2 aromatic heterocycles. The summed E-state index contributed by atoms with van der Waals surface area (Å²) in [5.41, 5.74) is 1.28. The van der Waals surface area contributed by atoms with E-state index < -0.39 is 6.10 Å². The number of carbonyl (C=O) groups excluding carboxylic acids is 1. The standard InChI is InChI=1S/C19H21FN4O2S/c20-13-3-4-14-15(10-13)23-17(22-14)11-21-19(26)24-7-5-12(6-8-24)18(25)16-2-1-9-27-16/h1-4,9-10,12,18,25H,5-8,11H2,(H,21,26)(H,22,23). The molecule has 1 aromatic carbocycles. The van der Waals surface area contributed by atoms with E-state index in [1.54, 1.807) is 22.3 Å². The van der Waals surface area contributed by atoms with Crippen LogP contribution in [0.1, 0.15) is 29.6 Å². The number of piperidine rings is 1. The van der Waals surface area contributed by atoms with Crippen LogP contribution in [0, 0.1) is 11.7 Å². The fourth-order valence-corrected chi connectivity index (χ4v) is 4.30. The summed E-state index contributed by atoms with van der Waals surface area (Å²) in [4.78, 5) is 22.5. The molecule has 2 amide bonds. The summed E-state index contributed by atoms with van der Waals surface area (Å²) in [5, 5.41) is 15.3. The topological polar surface area (TPSA) is 81.2 Å². The molecule has 1 atom stereocenters. The van der Waals surface area contributed by atoms with E-state index in [0.29, 0.717) is 29.9 Å². The number of nitrogens with zero attached hydrogens (tertiary/aromatic N) is 2. The third kappa shape index (κ3) is 3.96. The van der Waals surface area contributed by atoms with Gasteiger partial charge in [-0.05, 0) is 48.4 Å². The number of H-pyrrole nitrogens is 1. The van der Waals surface area contributed by atoms with E-state index in [1.807, 2.05) is 17.5 Å². The van der Waals surface area contributed by atoms with Crippen LogP contribution in [0.4, 0.5) is 9.18 Å². The van der Waals surface area contributed by atoms with Crippen LogP contribution in [-0.2, 0) is 6.54 Å². The summed E-state index contributed by atoms with van der Waals surface area (Å²) in [6.07, 6.45) is 1.10. The molecule has 4 rings (SSSR count). The van der Waals surface area contributed by atoms with Gasteiger partial charge in [0.1, 0.15) is 11.6 Å². The molecule has 8 heteroatoms. The second-order valence-electron chi connectivity index (χ2n) is 6.79. The molecular weight excluding hydrogens is 367 g/mol. The summed E-state index contributed by atoms with van der Waals surface area (Å²) in [7, 11) is 0. The van der Waals surface area contributed by atoms with Crippen LogP contribution in [0.15, 0.2) is 35.7 Å². The predicted molar refractivity (Wildman–Crippen MR) is 102 cm³/mol. The molecule has 0 bridgehead atoms. The summed E-state index contributed by atoms with van der Waals surface area (Å²) in [6, 6.07) is 8.10. The Bertz CT molecular complexity index is 919. The van der Waals surface area contributed by atoms with Gasteiger partial charge in [0.05, 0.1) is 23.7 Å². The largest absolute Gasteiger partial charge is 0.387 e. The molecule has 1 aliphatic heterocycles. The maximum Gasteiger partial charge on any atom is 0.317 e. The number of benzene rings is 1. The Morgan fingerprint density at radius 3 is 2.96 bits per heavy atom. The minimum atomic E-state index is -0.453. The number of nitrogens with one attached hydrogen (secondary N) is 2. The number of aliphatic hydroxyl groups is 1. The smallest absolute Gasteiger partial charge is 0.317 e. The van der Waals surface area contributed by atoms with Crippen molar-refractivity contribution in [3.63, 3.8) is 0 Å². The molecule has 1 unspecified atom stereocenters. The highest BCUT2D eigenvalue weighted by Gasteiger charge is 2.28. The molecule has 3 N–H and O–H groups in total. The van der Waals surface area contributed by atoms with Crippen molar-refractivity contribution < 1.29 is 14.3 Å². The minimum absolute atomic E-state index is 0.147. The molecule has 3 aromatic rings. The first-order valence-corrected chi connectivity index (χ1v) is 9.86. The molecule has 1 saturated heterocycles. The molecule has 3 heterocycles. The lowest BCUT2D eigenvalue weighted by atomic mass is 9.90. The Morgan fingerprint density at radius 2 is 2.22 bits per heavy atom. The van der Waals surface area contributed by atoms with Crippen molar-refractivity contribution in [1.29, 1.82) is 0 Å². The van der Waals surface area contributed by atoms with Crippen molar-refractivity contribution in [3.05, 3.63) is 52.2 Å². The van der Waals surface area contributed by atoms with Crippen LogP contribution in [-0.4, -0.2) is 39.1 Å². The SMILES string of the molecule is O=C(NCc1nc2ccc(F)cc2[nH]1)N1CCC(C(O)c2cccs2)CC1. The van der Waals surface area contributed by atoms with Gasteiger partial charge >= 0.3 is 6.03 Å². The number of imidazole rings is 1. The first kappa shape index (κ1) is 17.9. The third-order valence-corrected chi connectivity index (χ3v) is 5.95. The lowest BCUT2D eigenvalue weighted by Crippen LogP contribution is -2.45. The number of thiophene rings is 1. The lowest BCUT2D eigenvalue weighted by molar-refractivity contribution is 0.0689. The monoisotopic (exact) mass is 388 g/mol. The fourth-order valence-electron chi connectivity index (χ4n) is 3.50. The molecule has 142 valence electrons. The van der Waals surface area contributed by atoms with E-state index in [-0.39, 0.29) is 24.3 Å². The first-order chi connectivity index (χ1) is 13.1. The Morgan fingerprint density at radius 1 is 1.41 bits per heavy atom. The second kappa shape index (κ2) is 7.66. The zero-order chi connectivity index (χ0) is 18.8. The van der Waals surface area contributed by atoms with Gasteiger partial charge in [0.15, 0.2) is 0 Å². The molecular formula is C19H21FN4O2S. The van der Waals surface area contributed by atoms with Crippen LogP contribution < -0.4 is 5.32 Å². The number of fused-ring (bicyclic) bond motifs is 1. The van der Waals surface area contributed by atoms with Crippen LogP contribution in [0.3, 0.4) is 0 Å². The molecule has 0 aliphatic carbocycles. The Labute approximate surface area is 160 Å². The van der Waals surface area contributed by atoms with Crippen molar-refractivity contribution in [2.45, 2.75) is 25.5 Å². The van der Waals surface area contributed by atoms with Gasteiger partial charge < -0.3 is 20.3 Å². The number of rotatable bonds is 4. The number of hydrogen-bond donors (Lipinski definition) is 3. The Kier molecular flexibility index (Phi) is 5.09. The zero-order valence-corrected chi connectivity index (χ0v) is 15.5. The van der Waals surface area contributed by atoms with Crippen molar-refractivity contribution in [2.75, 3.05) is 13.1 Å². The number of likely N-dealkylation sites (tertiary alicyclic amines) is 1. The maximum absolute atomic E-state index is 13.2. The third-order valence-electron chi connectivity index (χ3n) is 5.01. The van der Waals surface area contributed by atoms with Gasteiger partial charge in [0.2, 0.25) is 0 Å². The number of hydrogen-bond acceptors (Lipinski definition) is 4. The minimum Gasteiger partial charge on any atom is -0.387 e. The molecule has 0 radical (unpaired) electrons. The van der Waals surface area contributed by atoms with Gasteiger partial charge in [0.25, 0.3) is 0 Å². The van der Waals surface area contributed by atoms with Crippen molar-refractivity contribution in [3.8, 4) is 0 Å². The van der Waals surface area contributed by atoms with Gasteiger partial charge in [0, 0.05) is 18.0 Å². The van der Waals surface area contributed by atoms with Crippen LogP contribution in [0.2, 0.25) is 0 Å². The van der Waals surface area contributed by atoms with Crippen LogP contribution >= 0.6 is 11.3 Å². The van der Waals surface area contributed by atoms with Gasteiger partial charge in [-0.25, -0.2) is 14.2 Å². The number of aliphatic hydroxyl groups excluding tert-OH is 1. The number of amides is 2. The molecule has 27 heavy (non-hydrogen) atoms. The van der Waals surface area contributed by atoms with Crippen LogP contribution in [0.25, 0.3) is 11.0 Å². The lowest BCUT2D eigenvalue weighted by Gasteiger charge is -2.33. The highest BCUT2D eigenvalue weighted by molar-refractivity contribution is 7.10. The predicted octanol–water partition coefficient (Wildman–Crippen LogP) is 3.42. The van der Waals surface area contributed by atoms with E-state index in [9.17, 15) is 14.3 Å². The summed E-state index contributed by atoms with van der Waals surface area (Å²) < 4.78 is 13.2. The van der Waals surface area contributed by atoms with E-state index >= 15 is 0 Å². The number of aromatic amines is 1. The van der Waals surface area contributed by atoms with E-state index in [1.165, 1.54) is 12.1 Å². The van der Waals surface area contributed by atoms with Crippen molar-refractivity contribution in [1.82, 2.24) is 20.2 Å². The number of urea groups is 1.